The van der Waals surface area contributed by atoms with Crippen molar-refractivity contribution in [3.8, 4) is 0 Å². The Morgan fingerprint density at radius 1 is 1.47 bits per heavy atom. The number of piperidine rings is 1. The molecule has 0 bridgehead atoms. The third kappa shape index (κ3) is 5.04. The van der Waals surface area contributed by atoms with Gasteiger partial charge in [0.2, 0.25) is 5.91 Å². The van der Waals surface area contributed by atoms with Crippen LogP contribution in [0.4, 0.5) is 0 Å². The fraction of sp³-hybridized carbons (Fsp3) is 0.923. The van der Waals surface area contributed by atoms with Crippen LogP contribution in [-0.2, 0) is 4.79 Å². The van der Waals surface area contributed by atoms with E-state index in [0.717, 1.165) is 19.5 Å². The smallest absolute Gasteiger partial charge is 0.222 e. The summed E-state index contributed by atoms with van der Waals surface area (Å²) in [6.07, 6.45) is 3.19. The standard InChI is InChI=1S/C13H27N3O/c1-3-16-8-5-12(6-9-16)10-15-13(17)11(2)4-7-14/h11-12H,3-10,14H2,1-2H3,(H,15,17). The van der Waals surface area contributed by atoms with Gasteiger partial charge in [-0.1, -0.05) is 13.8 Å². The predicted octanol–water partition coefficient (Wildman–Crippen LogP) is 0.819. The SMILES string of the molecule is CCN1CCC(CNC(=O)C(C)CCN)CC1. The Kier molecular flexibility index (Phi) is 6.52. The molecule has 0 aliphatic carbocycles. The van der Waals surface area contributed by atoms with Crippen LogP contribution >= 0.6 is 0 Å². The predicted molar refractivity (Wildman–Crippen MR) is 70.7 cm³/mol. The van der Waals surface area contributed by atoms with Gasteiger partial charge in [0, 0.05) is 12.5 Å². The molecule has 100 valence electrons. The molecule has 1 amide bonds. The highest BCUT2D eigenvalue weighted by Crippen LogP contribution is 2.16. The van der Waals surface area contributed by atoms with Gasteiger partial charge in [-0.2, -0.15) is 0 Å². The average Bonchev–Trinajstić information content (AvgIpc) is 2.36. The van der Waals surface area contributed by atoms with Gasteiger partial charge in [-0.15, -0.1) is 0 Å². The van der Waals surface area contributed by atoms with Crippen molar-refractivity contribution in [1.29, 1.82) is 0 Å². The Morgan fingerprint density at radius 2 is 2.12 bits per heavy atom. The Hall–Kier alpha value is -0.610. The number of rotatable bonds is 6. The number of amides is 1. The first-order valence-corrected chi connectivity index (χ1v) is 6.87. The zero-order chi connectivity index (χ0) is 12.7. The number of nitrogens with one attached hydrogen (secondary N) is 1. The molecule has 1 aliphatic heterocycles. The Morgan fingerprint density at radius 3 is 2.65 bits per heavy atom. The van der Waals surface area contributed by atoms with Crippen molar-refractivity contribution in [1.82, 2.24) is 10.2 Å². The first kappa shape index (κ1) is 14.5. The van der Waals surface area contributed by atoms with Crippen LogP contribution in [0.5, 0.6) is 0 Å². The molecule has 1 heterocycles. The van der Waals surface area contributed by atoms with E-state index in [1.165, 1.54) is 25.9 Å². The first-order valence-electron chi connectivity index (χ1n) is 6.87. The minimum absolute atomic E-state index is 0.0516. The summed E-state index contributed by atoms with van der Waals surface area (Å²) in [5.74, 6) is 0.871. The fourth-order valence-corrected chi connectivity index (χ4v) is 2.31. The summed E-state index contributed by atoms with van der Waals surface area (Å²) in [5, 5.41) is 3.06. The third-order valence-electron chi connectivity index (χ3n) is 3.77. The van der Waals surface area contributed by atoms with Gasteiger partial charge in [0.05, 0.1) is 0 Å². The van der Waals surface area contributed by atoms with Gasteiger partial charge in [-0.3, -0.25) is 4.79 Å². The number of nitrogens with two attached hydrogens (primary N) is 1. The van der Waals surface area contributed by atoms with Crippen LogP contribution in [0.2, 0.25) is 0 Å². The molecule has 0 radical (unpaired) electrons. The molecule has 1 saturated heterocycles. The van der Waals surface area contributed by atoms with Crippen molar-refractivity contribution >= 4 is 5.91 Å². The average molecular weight is 241 g/mol. The second kappa shape index (κ2) is 7.67. The molecule has 0 aromatic heterocycles. The van der Waals surface area contributed by atoms with Crippen LogP contribution in [0.3, 0.4) is 0 Å². The minimum Gasteiger partial charge on any atom is -0.356 e. The van der Waals surface area contributed by atoms with Crippen molar-refractivity contribution in [3.63, 3.8) is 0 Å². The molecule has 3 N–H and O–H groups in total. The fourth-order valence-electron chi connectivity index (χ4n) is 2.31. The molecule has 1 atom stereocenters. The van der Waals surface area contributed by atoms with Crippen molar-refractivity contribution in [2.45, 2.75) is 33.1 Å². The Balaban J connectivity index is 2.16. The maximum atomic E-state index is 11.7. The quantitative estimate of drug-likeness (QED) is 0.724. The van der Waals surface area contributed by atoms with E-state index in [2.05, 4.69) is 17.1 Å². The number of hydrogen-bond donors (Lipinski definition) is 2. The Labute approximate surface area is 105 Å². The van der Waals surface area contributed by atoms with Gasteiger partial charge >= 0.3 is 0 Å². The number of nitrogens with zero attached hydrogens (tertiary/aromatic N) is 1. The van der Waals surface area contributed by atoms with Crippen molar-refractivity contribution in [2.75, 3.05) is 32.7 Å². The van der Waals surface area contributed by atoms with Crippen LogP contribution in [-0.4, -0.2) is 43.5 Å². The minimum atomic E-state index is 0.0516. The monoisotopic (exact) mass is 241 g/mol. The summed E-state index contributed by atoms with van der Waals surface area (Å²) in [4.78, 5) is 14.2. The highest BCUT2D eigenvalue weighted by Gasteiger charge is 2.19. The molecule has 0 spiro atoms. The van der Waals surface area contributed by atoms with E-state index in [0.29, 0.717) is 12.5 Å². The summed E-state index contributed by atoms with van der Waals surface area (Å²) < 4.78 is 0. The molecule has 4 heteroatoms. The molecular weight excluding hydrogens is 214 g/mol. The third-order valence-corrected chi connectivity index (χ3v) is 3.77. The molecule has 1 unspecified atom stereocenters. The van der Waals surface area contributed by atoms with Gasteiger partial charge in [0.15, 0.2) is 0 Å². The summed E-state index contributed by atoms with van der Waals surface area (Å²) in [6.45, 7) is 9.07. The van der Waals surface area contributed by atoms with E-state index in [-0.39, 0.29) is 11.8 Å². The molecule has 0 aromatic carbocycles. The van der Waals surface area contributed by atoms with Crippen LogP contribution < -0.4 is 11.1 Å². The van der Waals surface area contributed by atoms with E-state index < -0.39 is 0 Å². The summed E-state index contributed by atoms with van der Waals surface area (Å²) in [6, 6.07) is 0. The van der Waals surface area contributed by atoms with Gasteiger partial charge in [0.1, 0.15) is 0 Å². The molecule has 17 heavy (non-hydrogen) atoms. The number of carbonyl (C=O) groups excluding carboxylic acids is 1. The van der Waals surface area contributed by atoms with E-state index >= 15 is 0 Å². The maximum absolute atomic E-state index is 11.7. The van der Waals surface area contributed by atoms with E-state index in [9.17, 15) is 4.79 Å². The largest absolute Gasteiger partial charge is 0.356 e. The second-order valence-electron chi connectivity index (χ2n) is 5.10. The lowest BCUT2D eigenvalue weighted by atomic mass is 9.96. The zero-order valence-electron chi connectivity index (χ0n) is 11.2. The topological polar surface area (TPSA) is 58.4 Å². The van der Waals surface area contributed by atoms with Crippen LogP contribution in [0.25, 0.3) is 0 Å². The normalized spacial score (nSPS) is 20.2. The van der Waals surface area contributed by atoms with Crippen LogP contribution in [0, 0.1) is 11.8 Å². The van der Waals surface area contributed by atoms with Gasteiger partial charge in [-0.25, -0.2) is 0 Å². The van der Waals surface area contributed by atoms with Crippen LogP contribution in [0.1, 0.15) is 33.1 Å². The van der Waals surface area contributed by atoms with E-state index in [1.807, 2.05) is 6.92 Å². The maximum Gasteiger partial charge on any atom is 0.222 e. The molecule has 1 aliphatic rings. The van der Waals surface area contributed by atoms with Crippen molar-refractivity contribution in [3.05, 3.63) is 0 Å². The zero-order valence-corrected chi connectivity index (χ0v) is 11.2. The summed E-state index contributed by atoms with van der Waals surface area (Å²) in [7, 11) is 0. The molecular formula is C13H27N3O. The highest BCUT2D eigenvalue weighted by molar-refractivity contribution is 5.78. The van der Waals surface area contributed by atoms with Crippen molar-refractivity contribution < 1.29 is 4.79 Å². The number of hydrogen-bond acceptors (Lipinski definition) is 3. The summed E-state index contributed by atoms with van der Waals surface area (Å²) >= 11 is 0. The lowest BCUT2D eigenvalue weighted by molar-refractivity contribution is -0.124. The van der Waals surface area contributed by atoms with Gasteiger partial charge < -0.3 is 16.0 Å². The van der Waals surface area contributed by atoms with Gasteiger partial charge in [-0.05, 0) is 51.4 Å². The first-order chi connectivity index (χ1) is 8.17. The number of carbonyl (C=O) groups is 1. The molecule has 1 rings (SSSR count). The van der Waals surface area contributed by atoms with Gasteiger partial charge in [0.25, 0.3) is 0 Å². The lowest BCUT2D eigenvalue weighted by Crippen LogP contribution is -2.39. The molecule has 4 nitrogen and oxygen atoms in total. The van der Waals surface area contributed by atoms with Crippen molar-refractivity contribution in [2.24, 2.45) is 17.6 Å². The molecule has 0 saturated carbocycles. The molecule has 1 fully saturated rings. The van der Waals surface area contributed by atoms with E-state index in [1.54, 1.807) is 0 Å². The summed E-state index contributed by atoms with van der Waals surface area (Å²) in [5.41, 5.74) is 5.45. The van der Waals surface area contributed by atoms with E-state index in [4.69, 9.17) is 5.73 Å². The highest BCUT2D eigenvalue weighted by atomic mass is 16.1. The van der Waals surface area contributed by atoms with Crippen LogP contribution in [0.15, 0.2) is 0 Å². The lowest BCUT2D eigenvalue weighted by Gasteiger charge is -2.31. The number of likely N-dealkylation sites (tertiary alicyclic amines) is 1. The Bertz CT molecular complexity index is 225. The molecule has 0 aromatic rings. The second-order valence-corrected chi connectivity index (χ2v) is 5.10.